The molecule has 4 amide bonds. The summed E-state index contributed by atoms with van der Waals surface area (Å²) in [6.07, 6.45) is 4.56. The third kappa shape index (κ3) is 9.33. The van der Waals surface area contributed by atoms with Crippen LogP contribution in [0.25, 0.3) is 22.1 Å². The summed E-state index contributed by atoms with van der Waals surface area (Å²) in [5, 5.41) is 21.3. The van der Waals surface area contributed by atoms with E-state index in [1.165, 1.54) is 22.3 Å². The minimum absolute atomic E-state index is 0.00754. The average Bonchev–Trinajstić information content (AvgIpc) is 4.04. The van der Waals surface area contributed by atoms with Crippen molar-refractivity contribution in [3.8, 4) is 0 Å². The molecule has 0 aliphatic carbocycles. The van der Waals surface area contributed by atoms with Gasteiger partial charge in [-0.2, -0.15) is 0 Å². The van der Waals surface area contributed by atoms with Crippen LogP contribution in [0.2, 0.25) is 0 Å². The summed E-state index contributed by atoms with van der Waals surface area (Å²) in [5.74, 6) is 0. The molecule has 6 aromatic rings. The first-order chi connectivity index (χ1) is 30.1. The van der Waals surface area contributed by atoms with Crippen LogP contribution in [0.1, 0.15) is 33.4 Å². The molecule has 0 radical (unpaired) electrons. The Morgan fingerprint density at radius 2 is 0.919 bits per heavy atom. The molecule has 2 unspecified atom stereocenters. The van der Waals surface area contributed by atoms with Crippen LogP contribution < -0.4 is 0 Å². The lowest BCUT2D eigenvalue weighted by Crippen LogP contribution is -2.43. The molecule has 4 aliphatic heterocycles. The summed E-state index contributed by atoms with van der Waals surface area (Å²) in [5.41, 5.74) is 11.8. The minimum atomic E-state index is -0.542. The number of β-amino-alcohol motifs (C(OH)–C–C–N with tert-alkyl or cyclic N) is 2. The monoisotopic (exact) mass is 838 g/mol. The Kier molecular flexibility index (Phi) is 12.2. The molecule has 4 aliphatic rings. The van der Waals surface area contributed by atoms with Gasteiger partial charge in [0.25, 0.3) is 0 Å². The maximum absolute atomic E-state index is 12.9. The highest BCUT2D eigenvalue weighted by Crippen LogP contribution is 2.23. The van der Waals surface area contributed by atoms with Gasteiger partial charge >= 0.3 is 12.1 Å². The normalized spacial score (nSPS) is 18.1. The fraction of sp³-hybridized carbons (Fsp3) is 0.417. The Hall–Kier alpha value is -5.80. The average molecular weight is 839 g/mol. The van der Waals surface area contributed by atoms with Gasteiger partial charge in [0.05, 0.1) is 46.9 Å². The van der Waals surface area contributed by atoms with Crippen molar-refractivity contribution < 1.29 is 19.8 Å². The predicted molar refractivity (Wildman–Crippen MR) is 239 cm³/mol. The van der Waals surface area contributed by atoms with Gasteiger partial charge in [0.2, 0.25) is 0 Å². The topological polar surface area (TPSA) is 130 Å². The number of aliphatic hydroxyl groups is 2. The van der Waals surface area contributed by atoms with Crippen LogP contribution in [0.3, 0.4) is 0 Å². The van der Waals surface area contributed by atoms with Crippen molar-refractivity contribution in [2.75, 3.05) is 65.4 Å². The van der Waals surface area contributed by atoms with Crippen molar-refractivity contribution >= 4 is 34.1 Å². The summed E-state index contributed by atoms with van der Waals surface area (Å²) in [6.45, 7) is 9.43. The summed E-state index contributed by atoms with van der Waals surface area (Å²) >= 11 is 0. The van der Waals surface area contributed by atoms with Crippen molar-refractivity contribution in [1.29, 1.82) is 0 Å². The molecular formula is C48H58N10O4. The van der Waals surface area contributed by atoms with E-state index in [0.717, 1.165) is 72.2 Å². The molecule has 324 valence electrons. The molecule has 62 heavy (non-hydrogen) atoms. The SMILES string of the molecule is Cn1cnc2ccc(CN3CCN(CC(O)CN4CCc5ccccc5C4)C3=O)cc21.Cn1cnc2ccc(CN3CCN(CC(O)CN4CCc5ccccc5C4)C3=O)cc21. The number of fused-ring (bicyclic) bond motifs is 4. The van der Waals surface area contributed by atoms with E-state index in [4.69, 9.17) is 0 Å². The molecule has 0 saturated carbocycles. The Balaban J connectivity index is 0.000000158. The maximum atomic E-state index is 12.9. The first-order valence-corrected chi connectivity index (χ1v) is 22.0. The third-order valence-corrected chi connectivity index (χ3v) is 12.9. The van der Waals surface area contributed by atoms with Crippen LogP contribution >= 0.6 is 0 Å². The zero-order valence-corrected chi connectivity index (χ0v) is 35.9. The number of amides is 4. The number of aryl methyl sites for hydroxylation is 2. The number of carbonyl (C=O) groups is 2. The van der Waals surface area contributed by atoms with Gasteiger partial charge in [0, 0.05) is 106 Å². The van der Waals surface area contributed by atoms with Crippen molar-refractivity contribution in [3.63, 3.8) is 0 Å². The highest BCUT2D eigenvalue weighted by atomic mass is 16.3. The molecule has 2 N–H and O–H groups in total. The molecule has 6 heterocycles. The lowest BCUT2D eigenvalue weighted by atomic mass is 10.00. The van der Waals surface area contributed by atoms with Gasteiger partial charge in [0.1, 0.15) is 0 Å². The second-order valence-electron chi connectivity index (χ2n) is 17.5. The number of hydrogen-bond acceptors (Lipinski definition) is 8. The van der Waals surface area contributed by atoms with E-state index in [1.54, 1.807) is 22.5 Å². The van der Waals surface area contributed by atoms with Crippen LogP contribution in [0.4, 0.5) is 9.59 Å². The summed E-state index contributed by atoms with van der Waals surface area (Å²) < 4.78 is 3.98. The lowest BCUT2D eigenvalue weighted by Gasteiger charge is -2.31. The standard InChI is InChI=1S/2C24H29N5O2/c2*1-26-17-25-22-7-6-18(12-23(22)26)13-28-10-11-29(24(28)31)16-21(30)15-27-9-8-19-4-2-3-5-20(19)14-27/h2*2-7,12,17,21,30H,8-11,13-16H2,1H3. The molecule has 2 saturated heterocycles. The second kappa shape index (κ2) is 18.3. The zero-order valence-electron chi connectivity index (χ0n) is 35.9. The summed E-state index contributed by atoms with van der Waals surface area (Å²) in [4.78, 5) is 46.4. The number of urea groups is 2. The van der Waals surface area contributed by atoms with Crippen LogP contribution in [0.5, 0.6) is 0 Å². The first kappa shape index (κ1) is 41.5. The van der Waals surface area contributed by atoms with Crippen LogP contribution in [-0.4, -0.2) is 148 Å². The van der Waals surface area contributed by atoms with E-state index in [2.05, 4.69) is 80.4 Å². The van der Waals surface area contributed by atoms with Gasteiger partial charge in [-0.25, -0.2) is 19.6 Å². The van der Waals surface area contributed by atoms with Crippen molar-refractivity contribution in [3.05, 3.63) is 131 Å². The Morgan fingerprint density at radius 3 is 1.35 bits per heavy atom. The Labute approximate surface area is 363 Å². The molecule has 0 bridgehead atoms. The fourth-order valence-electron chi connectivity index (χ4n) is 9.52. The quantitative estimate of drug-likeness (QED) is 0.185. The number of carbonyl (C=O) groups excluding carboxylic acids is 2. The highest BCUT2D eigenvalue weighted by Gasteiger charge is 2.32. The van der Waals surface area contributed by atoms with E-state index in [0.29, 0.717) is 65.4 Å². The number of aliphatic hydroxyl groups excluding tert-OH is 2. The van der Waals surface area contributed by atoms with Crippen molar-refractivity contribution in [1.82, 2.24) is 48.5 Å². The third-order valence-electron chi connectivity index (χ3n) is 12.9. The number of aromatic nitrogens is 4. The van der Waals surface area contributed by atoms with E-state index >= 15 is 0 Å². The number of imidazole rings is 2. The second-order valence-corrected chi connectivity index (χ2v) is 17.5. The largest absolute Gasteiger partial charge is 0.390 e. The Bertz CT molecular complexity index is 2360. The molecule has 2 fully saturated rings. The molecule has 2 atom stereocenters. The molecule has 14 nitrogen and oxygen atoms in total. The summed E-state index contributed by atoms with van der Waals surface area (Å²) in [6, 6.07) is 29.3. The number of hydrogen-bond donors (Lipinski definition) is 2. The fourth-order valence-corrected chi connectivity index (χ4v) is 9.52. The van der Waals surface area contributed by atoms with E-state index in [-0.39, 0.29) is 12.1 Å². The van der Waals surface area contributed by atoms with Crippen LogP contribution in [-0.2, 0) is 53.1 Å². The number of benzene rings is 4. The lowest BCUT2D eigenvalue weighted by molar-refractivity contribution is 0.0811. The van der Waals surface area contributed by atoms with Gasteiger partial charge in [-0.1, -0.05) is 60.7 Å². The molecule has 10 rings (SSSR count). The summed E-state index contributed by atoms with van der Waals surface area (Å²) in [7, 11) is 3.95. The van der Waals surface area contributed by atoms with Gasteiger partial charge in [-0.05, 0) is 70.5 Å². The Morgan fingerprint density at radius 1 is 0.516 bits per heavy atom. The van der Waals surface area contributed by atoms with E-state index in [1.807, 2.05) is 57.3 Å². The van der Waals surface area contributed by atoms with Crippen molar-refractivity contribution in [2.24, 2.45) is 14.1 Å². The van der Waals surface area contributed by atoms with Gasteiger partial charge in [-0.3, -0.25) is 9.80 Å². The maximum Gasteiger partial charge on any atom is 0.320 e. The zero-order chi connectivity index (χ0) is 42.7. The first-order valence-electron chi connectivity index (χ1n) is 22.0. The minimum Gasteiger partial charge on any atom is -0.390 e. The van der Waals surface area contributed by atoms with Gasteiger partial charge < -0.3 is 38.9 Å². The molecule has 2 aromatic heterocycles. The predicted octanol–water partition coefficient (Wildman–Crippen LogP) is 4.46. The number of rotatable bonds is 12. The molecular weight excluding hydrogens is 781 g/mol. The van der Waals surface area contributed by atoms with Gasteiger partial charge in [0.15, 0.2) is 0 Å². The molecule has 4 aromatic carbocycles. The van der Waals surface area contributed by atoms with Gasteiger partial charge in [-0.15, -0.1) is 0 Å². The van der Waals surface area contributed by atoms with Crippen LogP contribution in [0, 0.1) is 0 Å². The highest BCUT2D eigenvalue weighted by molar-refractivity contribution is 5.79. The van der Waals surface area contributed by atoms with E-state index < -0.39 is 12.2 Å². The smallest absolute Gasteiger partial charge is 0.320 e. The molecule has 0 spiro atoms. The van der Waals surface area contributed by atoms with E-state index in [9.17, 15) is 19.8 Å². The van der Waals surface area contributed by atoms with Crippen LogP contribution in [0.15, 0.2) is 97.6 Å². The van der Waals surface area contributed by atoms with Crippen molar-refractivity contribution in [2.45, 2.75) is 51.2 Å². The number of nitrogens with zero attached hydrogens (tertiary/aromatic N) is 10. The molecule has 14 heteroatoms.